The summed E-state index contributed by atoms with van der Waals surface area (Å²) in [6, 6.07) is 17.7. The van der Waals surface area contributed by atoms with Gasteiger partial charge in [-0.25, -0.2) is 0 Å². The molecule has 2 aromatic carbocycles. The van der Waals surface area contributed by atoms with Crippen LogP contribution in [0.3, 0.4) is 0 Å². The zero-order valence-electron chi connectivity index (χ0n) is 10.4. The zero-order chi connectivity index (χ0) is 13.1. The topological polar surface area (TPSA) is 48.1 Å². The Kier molecular flexibility index (Phi) is 3.02. The number of ether oxygens (including phenoxy) is 1. The third-order valence-electron chi connectivity index (χ3n) is 2.92. The van der Waals surface area contributed by atoms with Gasteiger partial charge in [-0.1, -0.05) is 30.3 Å². The predicted octanol–water partition coefficient (Wildman–Crippen LogP) is 3.40. The Labute approximate surface area is 111 Å². The highest BCUT2D eigenvalue weighted by Gasteiger charge is 1.99. The fourth-order valence-corrected chi connectivity index (χ4v) is 1.98. The third-order valence-corrected chi connectivity index (χ3v) is 2.92. The summed E-state index contributed by atoms with van der Waals surface area (Å²) < 4.78 is 5.74. The van der Waals surface area contributed by atoms with Gasteiger partial charge in [0.1, 0.15) is 12.4 Å². The molecule has 3 rings (SSSR count). The molecule has 0 unspecified atom stereocenters. The van der Waals surface area contributed by atoms with Crippen molar-refractivity contribution in [3.05, 3.63) is 66.4 Å². The van der Waals surface area contributed by atoms with Crippen molar-refractivity contribution >= 4 is 16.6 Å². The van der Waals surface area contributed by atoms with Crippen molar-refractivity contribution < 1.29 is 4.74 Å². The van der Waals surface area contributed by atoms with E-state index in [4.69, 9.17) is 10.5 Å². The van der Waals surface area contributed by atoms with Gasteiger partial charge in [-0.05, 0) is 29.8 Å². The summed E-state index contributed by atoms with van der Waals surface area (Å²) in [5, 5.41) is 1.08. The van der Waals surface area contributed by atoms with Gasteiger partial charge >= 0.3 is 0 Å². The summed E-state index contributed by atoms with van der Waals surface area (Å²) in [4.78, 5) is 4.36. The van der Waals surface area contributed by atoms with Crippen molar-refractivity contribution in [1.29, 1.82) is 0 Å². The molecule has 0 saturated carbocycles. The number of anilines is 1. The number of rotatable bonds is 3. The van der Waals surface area contributed by atoms with Crippen molar-refractivity contribution in [3.63, 3.8) is 0 Å². The molecule has 0 bridgehead atoms. The Bertz CT molecular complexity index is 710. The van der Waals surface area contributed by atoms with E-state index in [1.54, 1.807) is 6.20 Å². The Morgan fingerprint density at radius 3 is 2.79 bits per heavy atom. The molecule has 0 saturated heterocycles. The van der Waals surface area contributed by atoms with Gasteiger partial charge < -0.3 is 10.5 Å². The van der Waals surface area contributed by atoms with Gasteiger partial charge in [0.2, 0.25) is 0 Å². The van der Waals surface area contributed by atoms with Crippen molar-refractivity contribution in [2.24, 2.45) is 0 Å². The van der Waals surface area contributed by atoms with Crippen molar-refractivity contribution in [2.75, 3.05) is 5.73 Å². The minimum atomic E-state index is 0.491. The van der Waals surface area contributed by atoms with Crippen LogP contribution >= 0.6 is 0 Å². The largest absolute Gasteiger partial charge is 0.487 e. The molecule has 0 fully saturated rings. The Morgan fingerprint density at radius 2 is 1.89 bits per heavy atom. The standard InChI is InChI=1S/C16H14N2O/c17-14-6-3-4-12(8-14)11-19-15-9-13-5-1-2-7-16(13)18-10-15/h1-10H,11,17H2. The van der Waals surface area contributed by atoms with Crippen molar-refractivity contribution in [3.8, 4) is 5.75 Å². The van der Waals surface area contributed by atoms with Crippen LogP contribution in [0.5, 0.6) is 5.75 Å². The van der Waals surface area contributed by atoms with Crippen LogP contribution in [0.25, 0.3) is 10.9 Å². The first-order chi connectivity index (χ1) is 9.31. The Hall–Kier alpha value is -2.55. The molecule has 1 heterocycles. The van der Waals surface area contributed by atoms with Crippen LogP contribution < -0.4 is 10.5 Å². The lowest BCUT2D eigenvalue weighted by Crippen LogP contribution is -1.97. The van der Waals surface area contributed by atoms with E-state index >= 15 is 0 Å². The van der Waals surface area contributed by atoms with Gasteiger partial charge in [-0.3, -0.25) is 4.98 Å². The number of nitrogens with zero attached hydrogens (tertiary/aromatic N) is 1. The quantitative estimate of drug-likeness (QED) is 0.725. The van der Waals surface area contributed by atoms with E-state index in [0.29, 0.717) is 6.61 Å². The first kappa shape index (κ1) is 11.5. The zero-order valence-corrected chi connectivity index (χ0v) is 10.4. The molecule has 0 aliphatic heterocycles. The average Bonchev–Trinajstić information content (AvgIpc) is 2.45. The van der Waals surface area contributed by atoms with E-state index in [2.05, 4.69) is 4.98 Å². The van der Waals surface area contributed by atoms with Crippen LogP contribution in [0.4, 0.5) is 5.69 Å². The van der Waals surface area contributed by atoms with Crippen molar-refractivity contribution in [2.45, 2.75) is 6.61 Å². The molecule has 0 aliphatic rings. The number of pyridine rings is 1. The number of nitrogens with two attached hydrogens (primary N) is 1. The van der Waals surface area contributed by atoms with E-state index in [-0.39, 0.29) is 0 Å². The SMILES string of the molecule is Nc1cccc(COc2cnc3ccccc3c2)c1. The first-order valence-corrected chi connectivity index (χ1v) is 6.13. The molecule has 0 spiro atoms. The summed E-state index contributed by atoms with van der Waals surface area (Å²) in [5.41, 5.74) is 8.50. The Morgan fingerprint density at radius 1 is 1.00 bits per heavy atom. The van der Waals surface area contributed by atoms with Gasteiger partial charge in [0.05, 0.1) is 11.7 Å². The second-order valence-corrected chi connectivity index (χ2v) is 4.40. The molecule has 1 aromatic heterocycles. The van der Waals surface area contributed by atoms with Gasteiger partial charge in [-0.2, -0.15) is 0 Å². The number of aromatic nitrogens is 1. The lowest BCUT2D eigenvalue weighted by atomic mass is 10.2. The maximum atomic E-state index is 5.74. The number of hydrogen-bond acceptors (Lipinski definition) is 3. The highest BCUT2D eigenvalue weighted by Crippen LogP contribution is 2.19. The number of nitrogen functional groups attached to an aromatic ring is 1. The molecule has 0 atom stereocenters. The second kappa shape index (κ2) is 4.98. The molecule has 0 amide bonds. The predicted molar refractivity (Wildman–Crippen MR) is 76.9 cm³/mol. The van der Waals surface area contributed by atoms with Gasteiger partial charge in [-0.15, -0.1) is 0 Å². The normalized spacial score (nSPS) is 10.5. The van der Waals surface area contributed by atoms with Gasteiger partial charge in [0.15, 0.2) is 0 Å². The molecule has 3 heteroatoms. The monoisotopic (exact) mass is 250 g/mol. The molecule has 0 aliphatic carbocycles. The van der Waals surface area contributed by atoms with Crippen molar-refractivity contribution in [1.82, 2.24) is 4.98 Å². The van der Waals surface area contributed by atoms with E-state index in [9.17, 15) is 0 Å². The van der Waals surface area contributed by atoms with Crippen LogP contribution in [-0.2, 0) is 6.61 Å². The highest BCUT2D eigenvalue weighted by atomic mass is 16.5. The lowest BCUT2D eigenvalue weighted by molar-refractivity contribution is 0.305. The summed E-state index contributed by atoms with van der Waals surface area (Å²) in [5.74, 6) is 0.765. The fraction of sp³-hybridized carbons (Fsp3) is 0.0625. The number of hydrogen-bond donors (Lipinski definition) is 1. The lowest BCUT2D eigenvalue weighted by Gasteiger charge is -2.07. The molecular formula is C16H14N2O. The van der Waals surface area contributed by atoms with E-state index in [0.717, 1.165) is 27.9 Å². The number of fused-ring (bicyclic) bond motifs is 1. The molecule has 3 aromatic rings. The minimum Gasteiger partial charge on any atom is -0.487 e. The summed E-state index contributed by atoms with van der Waals surface area (Å²) in [6.45, 7) is 0.491. The smallest absolute Gasteiger partial charge is 0.138 e. The third kappa shape index (κ3) is 2.65. The highest BCUT2D eigenvalue weighted by molar-refractivity contribution is 5.79. The first-order valence-electron chi connectivity index (χ1n) is 6.13. The molecule has 3 nitrogen and oxygen atoms in total. The summed E-state index contributed by atoms with van der Waals surface area (Å²) >= 11 is 0. The van der Waals surface area contributed by atoms with Crippen LogP contribution in [0.15, 0.2) is 60.8 Å². The van der Waals surface area contributed by atoms with E-state index in [1.807, 2.05) is 54.6 Å². The number of benzene rings is 2. The molecule has 0 radical (unpaired) electrons. The molecule has 94 valence electrons. The summed E-state index contributed by atoms with van der Waals surface area (Å²) in [6.07, 6.45) is 1.74. The van der Waals surface area contributed by atoms with Crippen LogP contribution in [0.2, 0.25) is 0 Å². The maximum absolute atomic E-state index is 5.74. The summed E-state index contributed by atoms with van der Waals surface area (Å²) in [7, 11) is 0. The number of para-hydroxylation sites is 1. The molecule has 19 heavy (non-hydrogen) atoms. The fourth-order valence-electron chi connectivity index (χ4n) is 1.98. The Balaban J connectivity index is 1.78. The van der Waals surface area contributed by atoms with Crippen LogP contribution in [-0.4, -0.2) is 4.98 Å². The van der Waals surface area contributed by atoms with Crippen LogP contribution in [0.1, 0.15) is 5.56 Å². The van der Waals surface area contributed by atoms with Gasteiger partial charge in [0, 0.05) is 11.1 Å². The van der Waals surface area contributed by atoms with E-state index in [1.165, 1.54) is 0 Å². The minimum absolute atomic E-state index is 0.491. The second-order valence-electron chi connectivity index (χ2n) is 4.40. The van der Waals surface area contributed by atoms with Crippen LogP contribution in [0, 0.1) is 0 Å². The van der Waals surface area contributed by atoms with E-state index < -0.39 is 0 Å². The maximum Gasteiger partial charge on any atom is 0.138 e. The van der Waals surface area contributed by atoms with Gasteiger partial charge in [0.25, 0.3) is 0 Å². The molecule has 2 N–H and O–H groups in total. The molecular weight excluding hydrogens is 236 g/mol. The average molecular weight is 250 g/mol.